The topological polar surface area (TPSA) is 72.2 Å². The minimum atomic E-state index is -3.25. The Hall–Kier alpha value is -1.07. The molecule has 0 saturated carbocycles. The first kappa shape index (κ1) is 14.0. The van der Waals surface area contributed by atoms with Crippen LogP contribution >= 0.6 is 0 Å². The van der Waals surface area contributed by atoms with Crippen molar-refractivity contribution in [2.24, 2.45) is 5.73 Å². The van der Waals surface area contributed by atoms with Crippen molar-refractivity contribution in [1.82, 2.24) is 0 Å². The van der Waals surface area contributed by atoms with Crippen molar-refractivity contribution in [1.29, 1.82) is 0 Å². The number of unbranched alkanes of at least 4 members (excludes halogenated alkanes) is 1. The minimum absolute atomic E-state index is 0.122. The predicted molar refractivity (Wildman–Crippen MR) is 71.6 cm³/mol. The molecule has 0 atom stereocenters. The van der Waals surface area contributed by atoms with Crippen LogP contribution in [0, 0.1) is 13.8 Å². The number of sulfonamides is 1. The number of aryl methyl sites for hydroxylation is 2. The van der Waals surface area contributed by atoms with Gasteiger partial charge in [-0.2, -0.15) is 0 Å². The van der Waals surface area contributed by atoms with Crippen LogP contribution in [0.25, 0.3) is 0 Å². The normalized spacial score (nSPS) is 11.5. The van der Waals surface area contributed by atoms with Gasteiger partial charge in [0.2, 0.25) is 10.0 Å². The summed E-state index contributed by atoms with van der Waals surface area (Å²) in [5.41, 5.74) is 8.06. The van der Waals surface area contributed by atoms with Gasteiger partial charge in [-0.3, -0.25) is 4.72 Å². The highest BCUT2D eigenvalue weighted by Gasteiger charge is 2.10. The number of rotatable bonds is 6. The second-order valence-electron chi connectivity index (χ2n) is 4.29. The zero-order valence-electron chi connectivity index (χ0n) is 10.4. The van der Waals surface area contributed by atoms with Gasteiger partial charge in [-0.15, -0.1) is 0 Å². The molecule has 1 aromatic rings. The summed E-state index contributed by atoms with van der Waals surface area (Å²) in [5, 5.41) is 0. The second-order valence-corrected chi connectivity index (χ2v) is 6.13. The lowest BCUT2D eigenvalue weighted by molar-refractivity contribution is 0.597. The molecule has 4 nitrogen and oxygen atoms in total. The van der Waals surface area contributed by atoms with Crippen LogP contribution in [0.2, 0.25) is 0 Å². The van der Waals surface area contributed by atoms with E-state index in [1.54, 1.807) is 0 Å². The zero-order valence-corrected chi connectivity index (χ0v) is 11.2. The Bertz CT molecular complexity index is 449. The largest absolute Gasteiger partial charge is 0.330 e. The molecule has 0 aliphatic rings. The second kappa shape index (κ2) is 6.02. The monoisotopic (exact) mass is 256 g/mol. The van der Waals surface area contributed by atoms with E-state index in [1.165, 1.54) is 0 Å². The fourth-order valence-electron chi connectivity index (χ4n) is 1.70. The molecule has 96 valence electrons. The summed E-state index contributed by atoms with van der Waals surface area (Å²) in [6.07, 6.45) is 1.32. The zero-order chi connectivity index (χ0) is 12.9. The van der Waals surface area contributed by atoms with E-state index in [1.807, 2.05) is 32.0 Å². The quantitative estimate of drug-likeness (QED) is 0.762. The highest BCUT2D eigenvalue weighted by atomic mass is 32.2. The number of nitrogens with two attached hydrogens (primary N) is 1. The number of anilines is 1. The molecule has 0 heterocycles. The van der Waals surface area contributed by atoms with Crippen LogP contribution in [0.3, 0.4) is 0 Å². The molecular weight excluding hydrogens is 236 g/mol. The first-order valence-electron chi connectivity index (χ1n) is 5.72. The van der Waals surface area contributed by atoms with Crippen molar-refractivity contribution in [2.75, 3.05) is 17.0 Å². The molecule has 0 radical (unpaired) electrons. The number of benzene rings is 1. The third kappa shape index (κ3) is 5.19. The SMILES string of the molecule is Cc1cc(C)cc(NS(=O)(=O)CCCCN)c1. The van der Waals surface area contributed by atoms with Crippen LogP contribution < -0.4 is 10.5 Å². The van der Waals surface area contributed by atoms with Crippen molar-refractivity contribution < 1.29 is 8.42 Å². The lowest BCUT2D eigenvalue weighted by Gasteiger charge is -2.09. The Balaban J connectivity index is 2.69. The van der Waals surface area contributed by atoms with Crippen molar-refractivity contribution in [3.8, 4) is 0 Å². The van der Waals surface area contributed by atoms with E-state index in [9.17, 15) is 8.42 Å². The van der Waals surface area contributed by atoms with Crippen LogP contribution in [-0.2, 0) is 10.0 Å². The highest BCUT2D eigenvalue weighted by molar-refractivity contribution is 7.92. The molecule has 3 N–H and O–H groups in total. The third-order valence-electron chi connectivity index (χ3n) is 2.36. The molecule has 0 aliphatic carbocycles. The van der Waals surface area contributed by atoms with E-state index < -0.39 is 10.0 Å². The molecular formula is C12H20N2O2S. The molecule has 0 bridgehead atoms. The smallest absolute Gasteiger partial charge is 0.232 e. The van der Waals surface area contributed by atoms with Crippen molar-refractivity contribution >= 4 is 15.7 Å². The van der Waals surface area contributed by atoms with Gasteiger partial charge in [0.05, 0.1) is 5.75 Å². The summed E-state index contributed by atoms with van der Waals surface area (Å²) in [6, 6.07) is 5.66. The Kier molecular flexibility index (Phi) is 4.96. The molecule has 0 aromatic heterocycles. The molecule has 1 rings (SSSR count). The summed E-state index contributed by atoms with van der Waals surface area (Å²) >= 11 is 0. The fraction of sp³-hybridized carbons (Fsp3) is 0.500. The summed E-state index contributed by atoms with van der Waals surface area (Å²) in [5.74, 6) is 0.122. The number of hydrogen-bond donors (Lipinski definition) is 2. The van der Waals surface area contributed by atoms with E-state index in [-0.39, 0.29) is 5.75 Å². The summed E-state index contributed by atoms with van der Waals surface area (Å²) < 4.78 is 26.1. The maximum absolute atomic E-state index is 11.7. The van der Waals surface area contributed by atoms with E-state index in [0.717, 1.165) is 17.5 Å². The lowest BCUT2D eigenvalue weighted by Crippen LogP contribution is -2.17. The molecule has 0 saturated heterocycles. The Morgan fingerprint density at radius 2 is 1.71 bits per heavy atom. The molecule has 0 fully saturated rings. The lowest BCUT2D eigenvalue weighted by atomic mass is 10.1. The standard InChI is InChI=1S/C12H20N2O2S/c1-10-7-11(2)9-12(8-10)14-17(15,16)6-4-3-5-13/h7-9,14H,3-6,13H2,1-2H3. The molecule has 0 aliphatic heterocycles. The average Bonchev–Trinajstić information content (AvgIpc) is 2.14. The first-order valence-corrected chi connectivity index (χ1v) is 7.37. The highest BCUT2D eigenvalue weighted by Crippen LogP contribution is 2.15. The van der Waals surface area contributed by atoms with Gasteiger partial charge in [0.15, 0.2) is 0 Å². The van der Waals surface area contributed by atoms with Gasteiger partial charge < -0.3 is 5.73 Å². The number of nitrogens with one attached hydrogen (secondary N) is 1. The predicted octanol–water partition coefficient (Wildman–Crippen LogP) is 1.78. The summed E-state index contributed by atoms with van der Waals surface area (Å²) in [7, 11) is -3.25. The summed E-state index contributed by atoms with van der Waals surface area (Å²) in [6.45, 7) is 4.41. The van der Waals surface area contributed by atoms with Crippen molar-refractivity contribution in [3.05, 3.63) is 29.3 Å². The maximum atomic E-state index is 11.7. The van der Waals surface area contributed by atoms with Gasteiger partial charge in [0.25, 0.3) is 0 Å². The minimum Gasteiger partial charge on any atom is -0.330 e. The van der Waals surface area contributed by atoms with Gasteiger partial charge >= 0.3 is 0 Å². The Morgan fingerprint density at radius 3 is 2.24 bits per heavy atom. The summed E-state index contributed by atoms with van der Waals surface area (Å²) in [4.78, 5) is 0. The van der Waals surface area contributed by atoms with E-state index >= 15 is 0 Å². The van der Waals surface area contributed by atoms with Crippen LogP contribution in [0.15, 0.2) is 18.2 Å². The van der Waals surface area contributed by atoms with Crippen LogP contribution in [-0.4, -0.2) is 20.7 Å². The van der Waals surface area contributed by atoms with Crippen LogP contribution in [0.4, 0.5) is 5.69 Å². The Morgan fingerprint density at radius 1 is 1.12 bits per heavy atom. The Labute approximate surface area is 103 Å². The van der Waals surface area contributed by atoms with Crippen LogP contribution in [0.5, 0.6) is 0 Å². The van der Waals surface area contributed by atoms with Crippen molar-refractivity contribution in [3.63, 3.8) is 0 Å². The molecule has 5 heteroatoms. The van der Waals surface area contributed by atoms with Crippen molar-refractivity contribution in [2.45, 2.75) is 26.7 Å². The van der Waals surface area contributed by atoms with E-state index in [0.29, 0.717) is 18.7 Å². The van der Waals surface area contributed by atoms with Gasteiger partial charge in [-0.25, -0.2) is 8.42 Å². The maximum Gasteiger partial charge on any atom is 0.232 e. The van der Waals surface area contributed by atoms with Crippen LogP contribution in [0.1, 0.15) is 24.0 Å². The van der Waals surface area contributed by atoms with E-state index in [4.69, 9.17) is 5.73 Å². The fourth-order valence-corrected chi connectivity index (χ4v) is 2.86. The molecule has 0 amide bonds. The number of hydrogen-bond acceptors (Lipinski definition) is 3. The van der Waals surface area contributed by atoms with E-state index in [2.05, 4.69) is 4.72 Å². The van der Waals surface area contributed by atoms with Gasteiger partial charge in [0.1, 0.15) is 0 Å². The van der Waals surface area contributed by atoms with Gasteiger partial charge in [-0.05, 0) is 56.5 Å². The molecule has 17 heavy (non-hydrogen) atoms. The van der Waals surface area contributed by atoms with Gasteiger partial charge in [-0.1, -0.05) is 6.07 Å². The van der Waals surface area contributed by atoms with Gasteiger partial charge in [0, 0.05) is 5.69 Å². The first-order chi connectivity index (χ1) is 7.93. The molecule has 0 unspecified atom stereocenters. The third-order valence-corrected chi connectivity index (χ3v) is 3.74. The molecule has 1 aromatic carbocycles. The molecule has 0 spiro atoms. The average molecular weight is 256 g/mol.